The molecule has 10 heteroatoms. The van der Waals surface area contributed by atoms with Crippen LogP contribution < -0.4 is 11.4 Å². The smallest absolute Gasteiger partial charge is 0.354 e. The molecule has 110 valence electrons. The Morgan fingerprint density at radius 2 is 2.35 bits per heavy atom. The Kier molecular flexibility index (Phi) is 3.97. The van der Waals surface area contributed by atoms with Crippen LogP contribution in [0.5, 0.6) is 0 Å². The molecule has 0 spiro atoms. The molecule has 2 rings (SSSR count). The normalized spacial score (nSPS) is 29.4. The summed E-state index contributed by atoms with van der Waals surface area (Å²) < 4.78 is 11.2. The Bertz CT molecular complexity index is 561. The molecule has 0 radical (unpaired) electrons. The highest BCUT2D eigenvalue weighted by atomic mass is 16.6. The number of anilines is 1. The lowest BCUT2D eigenvalue weighted by molar-refractivity contribution is -0.156. The summed E-state index contributed by atoms with van der Waals surface area (Å²) in [6.07, 6.45) is -3.50. The number of aromatic nitrogens is 3. The standard InChI is InChI=1S/C10H14N4O6/c1-4(16)19-7-6(17)5(2-15)20-8(7)14-3-12-9(11)13-10(14)18/h3,5-8,15,17H,2H2,1H3,(H2,11,13,18)/t5-,6?,7+,8-/m1/s1. The van der Waals surface area contributed by atoms with Gasteiger partial charge in [0.2, 0.25) is 5.95 Å². The number of aliphatic hydroxyl groups is 2. The number of nitrogen functional groups attached to an aromatic ring is 1. The molecule has 4 atom stereocenters. The van der Waals surface area contributed by atoms with E-state index >= 15 is 0 Å². The maximum atomic E-state index is 11.7. The largest absolute Gasteiger partial charge is 0.455 e. The molecule has 1 aromatic rings. The van der Waals surface area contributed by atoms with Crippen LogP contribution in [0.1, 0.15) is 13.2 Å². The Balaban J connectivity index is 2.36. The van der Waals surface area contributed by atoms with Crippen LogP contribution in [0.15, 0.2) is 11.1 Å². The van der Waals surface area contributed by atoms with E-state index < -0.39 is 42.8 Å². The van der Waals surface area contributed by atoms with Gasteiger partial charge in [-0.25, -0.2) is 9.78 Å². The molecule has 2 heterocycles. The first-order valence-electron chi connectivity index (χ1n) is 5.76. The third kappa shape index (κ3) is 2.61. The maximum absolute atomic E-state index is 11.7. The van der Waals surface area contributed by atoms with Crippen LogP contribution in [0.4, 0.5) is 5.95 Å². The first-order chi connectivity index (χ1) is 9.43. The van der Waals surface area contributed by atoms with E-state index in [0.717, 1.165) is 17.8 Å². The van der Waals surface area contributed by atoms with Crippen molar-refractivity contribution in [2.45, 2.75) is 31.5 Å². The van der Waals surface area contributed by atoms with Gasteiger partial charge in [-0.1, -0.05) is 0 Å². The Labute approximate surface area is 112 Å². The van der Waals surface area contributed by atoms with Crippen LogP contribution >= 0.6 is 0 Å². The molecule has 0 aromatic carbocycles. The van der Waals surface area contributed by atoms with E-state index in [-0.39, 0.29) is 5.95 Å². The van der Waals surface area contributed by atoms with Crippen LogP contribution in [0, 0.1) is 0 Å². The second-order valence-electron chi connectivity index (χ2n) is 4.22. The minimum absolute atomic E-state index is 0.215. The van der Waals surface area contributed by atoms with Gasteiger partial charge in [0.05, 0.1) is 6.61 Å². The molecule has 1 unspecified atom stereocenters. The Hall–Kier alpha value is -2.04. The van der Waals surface area contributed by atoms with Gasteiger partial charge in [0.1, 0.15) is 18.5 Å². The van der Waals surface area contributed by atoms with Crippen molar-refractivity contribution in [1.29, 1.82) is 0 Å². The van der Waals surface area contributed by atoms with Gasteiger partial charge in [0.15, 0.2) is 12.3 Å². The number of aliphatic hydroxyl groups excluding tert-OH is 2. The third-order valence-electron chi connectivity index (χ3n) is 2.81. The fourth-order valence-electron chi connectivity index (χ4n) is 1.94. The summed E-state index contributed by atoms with van der Waals surface area (Å²) in [5.41, 5.74) is 4.50. The van der Waals surface area contributed by atoms with Crippen LogP contribution in [-0.2, 0) is 14.3 Å². The predicted molar refractivity (Wildman–Crippen MR) is 63.3 cm³/mol. The minimum atomic E-state index is -1.28. The van der Waals surface area contributed by atoms with Crippen molar-refractivity contribution in [2.75, 3.05) is 12.3 Å². The van der Waals surface area contributed by atoms with E-state index in [1.807, 2.05) is 0 Å². The fraction of sp³-hybridized carbons (Fsp3) is 0.600. The predicted octanol–water partition coefficient (Wildman–Crippen LogP) is -2.60. The molecule has 1 aliphatic heterocycles. The zero-order valence-electron chi connectivity index (χ0n) is 10.5. The van der Waals surface area contributed by atoms with E-state index in [1.54, 1.807) is 0 Å². The summed E-state index contributed by atoms with van der Waals surface area (Å²) in [7, 11) is 0. The summed E-state index contributed by atoms with van der Waals surface area (Å²) in [6, 6.07) is 0. The third-order valence-corrected chi connectivity index (χ3v) is 2.81. The molecule has 0 bridgehead atoms. The number of carbonyl (C=O) groups excluding carboxylic acids is 1. The van der Waals surface area contributed by atoms with E-state index in [0.29, 0.717) is 0 Å². The van der Waals surface area contributed by atoms with Gasteiger partial charge in [-0.2, -0.15) is 4.98 Å². The van der Waals surface area contributed by atoms with Gasteiger partial charge in [-0.15, -0.1) is 0 Å². The van der Waals surface area contributed by atoms with E-state index in [1.165, 1.54) is 0 Å². The first-order valence-corrected chi connectivity index (χ1v) is 5.76. The first kappa shape index (κ1) is 14.4. The van der Waals surface area contributed by atoms with Crippen LogP contribution in [0.3, 0.4) is 0 Å². The summed E-state index contributed by atoms with van der Waals surface area (Å²) >= 11 is 0. The molecule has 1 aromatic heterocycles. The molecule has 1 saturated heterocycles. The minimum Gasteiger partial charge on any atom is -0.455 e. The highest BCUT2D eigenvalue weighted by Gasteiger charge is 2.47. The lowest BCUT2D eigenvalue weighted by Crippen LogP contribution is -2.39. The SMILES string of the molecule is CC(=O)O[C@H]1C(O)[C@@H](CO)O[C@H]1n1cnc(N)nc1=O. The van der Waals surface area contributed by atoms with E-state index in [2.05, 4.69) is 9.97 Å². The molecular weight excluding hydrogens is 272 g/mol. The van der Waals surface area contributed by atoms with Crippen molar-refractivity contribution >= 4 is 11.9 Å². The lowest BCUT2D eigenvalue weighted by atomic mass is 10.1. The van der Waals surface area contributed by atoms with Crippen molar-refractivity contribution in [3.05, 3.63) is 16.8 Å². The Morgan fingerprint density at radius 3 is 2.90 bits per heavy atom. The maximum Gasteiger partial charge on any atom is 0.354 e. The lowest BCUT2D eigenvalue weighted by Gasteiger charge is -2.20. The number of esters is 1. The number of hydrogen-bond donors (Lipinski definition) is 3. The highest BCUT2D eigenvalue weighted by molar-refractivity contribution is 5.66. The van der Waals surface area contributed by atoms with Gasteiger partial charge in [0.25, 0.3) is 0 Å². The van der Waals surface area contributed by atoms with Gasteiger partial charge in [-0.3, -0.25) is 9.36 Å². The number of hydrogen-bond acceptors (Lipinski definition) is 9. The summed E-state index contributed by atoms with van der Waals surface area (Å²) in [4.78, 5) is 29.8. The number of ether oxygens (including phenoxy) is 2. The second-order valence-corrected chi connectivity index (χ2v) is 4.22. The Morgan fingerprint density at radius 1 is 1.65 bits per heavy atom. The quantitative estimate of drug-likeness (QED) is 0.508. The van der Waals surface area contributed by atoms with Crippen molar-refractivity contribution in [1.82, 2.24) is 14.5 Å². The fourth-order valence-corrected chi connectivity index (χ4v) is 1.94. The van der Waals surface area contributed by atoms with Crippen LogP contribution in [0.2, 0.25) is 0 Å². The van der Waals surface area contributed by atoms with Gasteiger partial charge in [0, 0.05) is 6.92 Å². The molecule has 20 heavy (non-hydrogen) atoms. The molecule has 1 aliphatic rings. The van der Waals surface area contributed by atoms with Crippen LogP contribution in [0.25, 0.3) is 0 Å². The van der Waals surface area contributed by atoms with Gasteiger partial charge in [-0.05, 0) is 0 Å². The molecule has 4 N–H and O–H groups in total. The molecule has 10 nitrogen and oxygen atoms in total. The van der Waals surface area contributed by atoms with Crippen molar-refractivity contribution in [3.63, 3.8) is 0 Å². The zero-order chi connectivity index (χ0) is 14.9. The summed E-state index contributed by atoms with van der Waals surface area (Å²) in [5.74, 6) is -0.877. The molecular formula is C10H14N4O6. The molecule has 0 aliphatic carbocycles. The molecule has 1 fully saturated rings. The number of carbonyl (C=O) groups is 1. The van der Waals surface area contributed by atoms with Crippen molar-refractivity contribution < 1.29 is 24.5 Å². The molecule has 0 amide bonds. The second kappa shape index (κ2) is 5.53. The van der Waals surface area contributed by atoms with Crippen molar-refractivity contribution in [2.24, 2.45) is 0 Å². The zero-order valence-corrected chi connectivity index (χ0v) is 10.5. The summed E-state index contributed by atoms with van der Waals surface area (Å²) in [6.45, 7) is 0.651. The van der Waals surface area contributed by atoms with Gasteiger partial charge < -0.3 is 25.4 Å². The average molecular weight is 286 g/mol. The van der Waals surface area contributed by atoms with E-state index in [9.17, 15) is 14.7 Å². The summed E-state index contributed by atoms with van der Waals surface area (Å²) in [5, 5.41) is 19.0. The number of nitrogens with two attached hydrogens (primary N) is 1. The molecule has 0 saturated carbocycles. The van der Waals surface area contributed by atoms with Crippen LogP contribution in [-0.4, -0.2) is 55.6 Å². The van der Waals surface area contributed by atoms with E-state index in [4.69, 9.17) is 20.3 Å². The van der Waals surface area contributed by atoms with Crippen molar-refractivity contribution in [3.8, 4) is 0 Å². The average Bonchev–Trinajstić information content (AvgIpc) is 2.66. The monoisotopic (exact) mass is 286 g/mol. The number of rotatable bonds is 3. The topological polar surface area (TPSA) is 150 Å². The van der Waals surface area contributed by atoms with Gasteiger partial charge >= 0.3 is 11.7 Å². The highest BCUT2D eigenvalue weighted by Crippen LogP contribution is 2.30. The number of nitrogens with zero attached hydrogens (tertiary/aromatic N) is 3.